The molecule has 0 aromatic rings. The van der Waals surface area contributed by atoms with Gasteiger partial charge in [0.1, 0.15) is 0 Å². The zero-order chi connectivity index (χ0) is 7.44. The molecule has 0 aromatic carbocycles. The average Bonchev–Trinajstić information content (AvgIpc) is 1.63. The first kappa shape index (κ1) is 8.34. The van der Waals surface area contributed by atoms with Crippen molar-refractivity contribution in [3.8, 4) is 0 Å². The monoisotopic (exact) mass is 132 g/mol. The van der Waals surface area contributed by atoms with Crippen molar-refractivity contribution in [1.29, 1.82) is 0 Å². The van der Waals surface area contributed by atoms with Gasteiger partial charge >= 0.3 is 0 Å². The van der Waals surface area contributed by atoms with E-state index in [0.29, 0.717) is 0 Å². The van der Waals surface area contributed by atoms with Gasteiger partial charge < -0.3 is 0 Å². The van der Waals surface area contributed by atoms with Crippen molar-refractivity contribution >= 4 is 0 Å². The summed E-state index contributed by atoms with van der Waals surface area (Å²) in [4.78, 5) is 0. The normalized spacial score (nSPS) is 15.3. The minimum Gasteiger partial charge on any atom is -0.212 e. The molecular weight excluding hydrogens is 122 g/mol. The van der Waals surface area contributed by atoms with Crippen LogP contribution >= 0.6 is 0 Å². The lowest BCUT2D eigenvalue weighted by Gasteiger charge is -1.98. The summed E-state index contributed by atoms with van der Waals surface area (Å²) < 4.78 is 24.0. The SMILES string of the molecule is C=C(F)C(C)/C=C(\C)F. The summed E-state index contributed by atoms with van der Waals surface area (Å²) in [5.74, 6) is -1.39. The summed E-state index contributed by atoms with van der Waals surface area (Å²) in [5, 5.41) is 0. The molecule has 0 heterocycles. The van der Waals surface area contributed by atoms with E-state index in [-0.39, 0.29) is 5.83 Å². The standard InChI is InChI=1S/C7H10F2/c1-5(7(3)9)4-6(2)8/h4-5H,3H2,1-2H3/b6-4+. The third-order valence-electron chi connectivity index (χ3n) is 0.974. The molecule has 0 saturated carbocycles. The van der Waals surface area contributed by atoms with E-state index in [4.69, 9.17) is 0 Å². The molecule has 0 aliphatic carbocycles. The Balaban J connectivity index is 3.91. The highest BCUT2D eigenvalue weighted by Gasteiger charge is 2.00. The summed E-state index contributed by atoms with van der Waals surface area (Å²) in [5.41, 5.74) is 0. The molecule has 9 heavy (non-hydrogen) atoms. The van der Waals surface area contributed by atoms with Crippen molar-refractivity contribution in [2.45, 2.75) is 13.8 Å². The quantitative estimate of drug-likeness (QED) is 0.541. The highest BCUT2D eigenvalue weighted by atomic mass is 19.1. The molecule has 1 atom stereocenters. The Morgan fingerprint density at radius 2 is 2.00 bits per heavy atom. The number of halogens is 2. The fourth-order valence-electron chi connectivity index (χ4n) is 0.435. The van der Waals surface area contributed by atoms with Crippen LogP contribution in [0.4, 0.5) is 8.78 Å². The lowest BCUT2D eigenvalue weighted by atomic mass is 10.1. The lowest BCUT2D eigenvalue weighted by Crippen LogP contribution is -1.87. The summed E-state index contributed by atoms with van der Waals surface area (Å²) >= 11 is 0. The molecule has 2 heteroatoms. The van der Waals surface area contributed by atoms with Crippen LogP contribution in [-0.2, 0) is 0 Å². The Morgan fingerprint density at radius 3 is 2.11 bits per heavy atom. The maximum Gasteiger partial charge on any atom is 0.0994 e. The van der Waals surface area contributed by atoms with E-state index in [9.17, 15) is 8.78 Å². The van der Waals surface area contributed by atoms with Gasteiger partial charge in [-0.1, -0.05) is 13.5 Å². The van der Waals surface area contributed by atoms with Gasteiger partial charge in [-0.2, -0.15) is 0 Å². The molecule has 0 aliphatic rings. The molecule has 0 bridgehead atoms. The van der Waals surface area contributed by atoms with Crippen LogP contribution in [0.5, 0.6) is 0 Å². The first-order chi connectivity index (χ1) is 4.04. The van der Waals surface area contributed by atoms with Gasteiger partial charge in [-0.3, -0.25) is 0 Å². The topological polar surface area (TPSA) is 0 Å². The third-order valence-corrected chi connectivity index (χ3v) is 0.974. The minimum absolute atomic E-state index is 0.374. The second-order valence-electron chi connectivity index (χ2n) is 1.99. The van der Waals surface area contributed by atoms with Crippen molar-refractivity contribution < 1.29 is 8.78 Å². The molecule has 0 amide bonds. The van der Waals surface area contributed by atoms with Crippen LogP contribution in [0.15, 0.2) is 24.3 Å². The fourth-order valence-corrected chi connectivity index (χ4v) is 0.435. The Kier molecular flexibility index (Phi) is 3.13. The number of allylic oxidation sites excluding steroid dienone is 3. The minimum atomic E-state index is -0.507. The number of hydrogen-bond donors (Lipinski definition) is 0. The Labute approximate surface area is 53.9 Å². The Hall–Kier alpha value is -0.660. The maximum absolute atomic E-state index is 12.0. The predicted molar refractivity (Wildman–Crippen MR) is 34.3 cm³/mol. The van der Waals surface area contributed by atoms with Gasteiger partial charge in [-0.15, -0.1) is 0 Å². The summed E-state index contributed by atoms with van der Waals surface area (Å²) in [7, 11) is 0. The molecule has 0 nitrogen and oxygen atoms in total. The second kappa shape index (κ2) is 3.38. The molecule has 0 fully saturated rings. The average molecular weight is 132 g/mol. The van der Waals surface area contributed by atoms with Gasteiger partial charge in [0.2, 0.25) is 0 Å². The Morgan fingerprint density at radius 1 is 1.56 bits per heavy atom. The molecule has 0 radical (unpaired) electrons. The zero-order valence-corrected chi connectivity index (χ0v) is 5.62. The molecule has 52 valence electrons. The second-order valence-corrected chi connectivity index (χ2v) is 1.99. The van der Waals surface area contributed by atoms with E-state index >= 15 is 0 Å². The zero-order valence-electron chi connectivity index (χ0n) is 5.62. The summed E-state index contributed by atoms with van der Waals surface area (Å²) in [6.45, 7) is 5.85. The van der Waals surface area contributed by atoms with Gasteiger partial charge in [0.15, 0.2) is 0 Å². The van der Waals surface area contributed by atoms with E-state index in [0.717, 1.165) is 0 Å². The van der Waals surface area contributed by atoms with Gasteiger partial charge in [0, 0.05) is 5.92 Å². The fraction of sp³-hybridized carbons (Fsp3) is 0.429. The van der Waals surface area contributed by atoms with Gasteiger partial charge in [0.05, 0.1) is 11.7 Å². The van der Waals surface area contributed by atoms with Crippen molar-refractivity contribution in [2.24, 2.45) is 5.92 Å². The van der Waals surface area contributed by atoms with Crippen molar-refractivity contribution in [3.05, 3.63) is 24.3 Å². The molecule has 0 aromatic heterocycles. The largest absolute Gasteiger partial charge is 0.212 e. The highest BCUT2D eigenvalue weighted by molar-refractivity contribution is 5.02. The van der Waals surface area contributed by atoms with Crippen LogP contribution < -0.4 is 0 Å². The summed E-state index contributed by atoms with van der Waals surface area (Å²) in [6, 6.07) is 0. The maximum atomic E-state index is 12.0. The van der Waals surface area contributed by atoms with E-state index in [1.807, 2.05) is 0 Å². The van der Waals surface area contributed by atoms with E-state index in [1.54, 1.807) is 6.92 Å². The molecule has 0 rings (SSSR count). The van der Waals surface area contributed by atoms with E-state index < -0.39 is 11.7 Å². The van der Waals surface area contributed by atoms with Gasteiger partial charge in [-0.25, -0.2) is 8.78 Å². The molecule has 1 unspecified atom stereocenters. The number of hydrogen-bond acceptors (Lipinski definition) is 0. The molecular formula is C7H10F2. The molecule has 0 saturated heterocycles. The third kappa shape index (κ3) is 3.88. The van der Waals surface area contributed by atoms with Gasteiger partial charge in [-0.05, 0) is 13.0 Å². The summed E-state index contributed by atoms with van der Waals surface area (Å²) in [6.07, 6.45) is 1.18. The van der Waals surface area contributed by atoms with Crippen LogP contribution in [0, 0.1) is 5.92 Å². The smallest absolute Gasteiger partial charge is 0.0994 e. The van der Waals surface area contributed by atoms with Crippen LogP contribution in [0.1, 0.15) is 13.8 Å². The van der Waals surface area contributed by atoms with Crippen molar-refractivity contribution in [2.75, 3.05) is 0 Å². The highest BCUT2D eigenvalue weighted by Crippen LogP contribution is 2.12. The molecule has 0 N–H and O–H groups in total. The van der Waals surface area contributed by atoms with E-state index in [1.165, 1.54) is 13.0 Å². The van der Waals surface area contributed by atoms with Crippen LogP contribution in [-0.4, -0.2) is 0 Å². The van der Waals surface area contributed by atoms with Crippen LogP contribution in [0.25, 0.3) is 0 Å². The first-order valence-corrected chi connectivity index (χ1v) is 2.72. The van der Waals surface area contributed by atoms with E-state index in [2.05, 4.69) is 6.58 Å². The Bertz CT molecular complexity index is 132. The predicted octanol–water partition coefficient (Wildman–Crippen LogP) is 2.98. The molecule has 0 aliphatic heterocycles. The number of rotatable bonds is 2. The van der Waals surface area contributed by atoms with Crippen LogP contribution in [0.2, 0.25) is 0 Å². The van der Waals surface area contributed by atoms with Crippen molar-refractivity contribution in [3.63, 3.8) is 0 Å². The first-order valence-electron chi connectivity index (χ1n) is 2.72. The molecule has 0 spiro atoms. The van der Waals surface area contributed by atoms with Crippen LogP contribution in [0.3, 0.4) is 0 Å². The lowest BCUT2D eigenvalue weighted by molar-refractivity contribution is 0.538. The van der Waals surface area contributed by atoms with Gasteiger partial charge in [0.25, 0.3) is 0 Å². The van der Waals surface area contributed by atoms with Crippen molar-refractivity contribution in [1.82, 2.24) is 0 Å².